The van der Waals surface area contributed by atoms with Gasteiger partial charge in [0.15, 0.2) is 0 Å². The maximum Gasteiger partial charge on any atom is 0.336 e. The Morgan fingerprint density at radius 2 is 1.94 bits per heavy atom. The molecule has 0 saturated carbocycles. The van der Waals surface area contributed by atoms with Crippen LogP contribution in [0.1, 0.15) is 5.56 Å². The molecule has 17 heavy (non-hydrogen) atoms. The molecule has 0 saturated heterocycles. The van der Waals surface area contributed by atoms with E-state index in [2.05, 4.69) is 0 Å². The summed E-state index contributed by atoms with van der Waals surface area (Å²) in [6.45, 7) is 1.86. The predicted octanol–water partition coefficient (Wildman–Crippen LogP) is 2.96. The van der Waals surface area contributed by atoms with E-state index in [4.69, 9.17) is 4.42 Å². The monoisotopic (exact) mass is 226 g/mol. The first-order chi connectivity index (χ1) is 8.16. The van der Waals surface area contributed by atoms with Gasteiger partial charge in [0.2, 0.25) is 0 Å². The van der Waals surface area contributed by atoms with Crippen molar-refractivity contribution in [1.29, 1.82) is 0 Å². The van der Waals surface area contributed by atoms with E-state index >= 15 is 0 Å². The van der Waals surface area contributed by atoms with E-state index in [0.717, 1.165) is 21.7 Å². The van der Waals surface area contributed by atoms with Crippen molar-refractivity contribution in [3.63, 3.8) is 0 Å². The molecule has 3 rings (SSSR count). The SMILES string of the molecule is Cc1cc(=O)oc2ccc3c(O)cccc3c12. The molecule has 0 atom stereocenters. The van der Waals surface area contributed by atoms with Crippen LogP contribution in [0.3, 0.4) is 0 Å². The molecule has 0 aliphatic carbocycles. The highest BCUT2D eigenvalue weighted by atomic mass is 16.4. The van der Waals surface area contributed by atoms with Gasteiger partial charge in [0.25, 0.3) is 0 Å². The molecule has 0 fully saturated rings. The Balaban J connectivity index is 2.65. The summed E-state index contributed by atoms with van der Waals surface area (Å²) in [4.78, 5) is 11.3. The lowest BCUT2D eigenvalue weighted by Crippen LogP contribution is -1.97. The van der Waals surface area contributed by atoms with Gasteiger partial charge >= 0.3 is 5.63 Å². The maximum absolute atomic E-state index is 11.3. The Kier molecular flexibility index (Phi) is 1.95. The van der Waals surface area contributed by atoms with Crippen LogP contribution in [0.4, 0.5) is 0 Å². The summed E-state index contributed by atoms with van der Waals surface area (Å²) in [7, 11) is 0. The third-order valence-corrected chi connectivity index (χ3v) is 2.94. The third-order valence-electron chi connectivity index (χ3n) is 2.94. The van der Waals surface area contributed by atoms with Crippen molar-refractivity contribution >= 4 is 21.7 Å². The molecule has 1 aromatic heterocycles. The molecule has 3 aromatic rings. The summed E-state index contributed by atoms with van der Waals surface area (Å²) in [5.74, 6) is 0.231. The number of rotatable bonds is 0. The van der Waals surface area contributed by atoms with E-state index in [1.807, 2.05) is 13.0 Å². The summed E-state index contributed by atoms with van der Waals surface area (Å²) in [6.07, 6.45) is 0. The summed E-state index contributed by atoms with van der Waals surface area (Å²) in [5, 5.41) is 12.3. The van der Waals surface area contributed by atoms with Crippen molar-refractivity contribution in [3.05, 3.63) is 52.4 Å². The number of aromatic hydroxyl groups is 1. The van der Waals surface area contributed by atoms with E-state index in [9.17, 15) is 9.90 Å². The van der Waals surface area contributed by atoms with E-state index in [0.29, 0.717) is 5.58 Å². The predicted molar refractivity (Wildman–Crippen MR) is 66.4 cm³/mol. The third kappa shape index (κ3) is 1.40. The minimum atomic E-state index is -0.352. The number of phenolic OH excluding ortho intramolecular Hbond substituents is 1. The number of fused-ring (bicyclic) bond motifs is 3. The Morgan fingerprint density at radius 1 is 1.12 bits per heavy atom. The molecule has 0 radical (unpaired) electrons. The molecule has 2 aromatic carbocycles. The smallest absolute Gasteiger partial charge is 0.336 e. The highest BCUT2D eigenvalue weighted by Crippen LogP contribution is 2.31. The fourth-order valence-electron chi connectivity index (χ4n) is 2.20. The first kappa shape index (κ1) is 9.90. The molecule has 84 valence electrons. The van der Waals surface area contributed by atoms with E-state index in [-0.39, 0.29) is 11.4 Å². The van der Waals surface area contributed by atoms with Crippen LogP contribution in [0, 0.1) is 6.92 Å². The van der Waals surface area contributed by atoms with Crippen LogP contribution in [-0.4, -0.2) is 5.11 Å². The Hall–Kier alpha value is -2.29. The van der Waals surface area contributed by atoms with Crippen molar-refractivity contribution in [1.82, 2.24) is 0 Å². The Bertz CT molecular complexity index is 784. The Labute approximate surface area is 96.9 Å². The molecule has 0 amide bonds. The summed E-state index contributed by atoms with van der Waals surface area (Å²) in [5.41, 5.74) is 1.05. The number of hydrogen-bond acceptors (Lipinski definition) is 3. The van der Waals surface area contributed by atoms with Gasteiger partial charge < -0.3 is 9.52 Å². The van der Waals surface area contributed by atoms with Gasteiger partial charge in [0.1, 0.15) is 11.3 Å². The molecule has 1 N–H and O–H groups in total. The van der Waals surface area contributed by atoms with Crippen molar-refractivity contribution in [2.75, 3.05) is 0 Å². The zero-order valence-corrected chi connectivity index (χ0v) is 9.23. The summed E-state index contributed by atoms with van der Waals surface area (Å²) >= 11 is 0. The van der Waals surface area contributed by atoms with Gasteiger partial charge in [-0.2, -0.15) is 0 Å². The van der Waals surface area contributed by atoms with Gasteiger partial charge in [0.05, 0.1) is 0 Å². The number of benzene rings is 2. The van der Waals surface area contributed by atoms with Gasteiger partial charge in [-0.15, -0.1) is 0 Å². The van der Waals surface area contributed by atoms with Crippen LogP contribution >= 0.6 is 0 Å². The van der Waals surface area contributed by atoms with Crippen LogP contribution in [0.15, 0.2) is 45.6 Å². The van der Waals surface area contributed by atoms with Crippen LogP contribution in [0.25, 0.3) is 21.7 Å². The Morgan fingerprint density at radius 3 is 2.76 bits per heavy atom. The van der Waals surface area contributed by atoms with Gasteiger partial charge in [-0.05, 0) is 36.1 Å². The molecule has 0 bridgehead atoms. The molecule has 0 unspecified atom stereocenters. The normalized spacial score (nSPS) is 11.1. The first-order valence-corrected chi connectivity index (χ1v) is 5.32. The van der Waals surface area contributed by atoms with E-state index in [1.54, 1.807) is 24.3 Å². The molecular weight excluding hydrogens is 216 g/mol. The van der Waals surface area contributed by atoms with E-state index in [1.165, 1.54) is 6.07 Å². The highest BCUT2D eigenvalue weighted by Gasteiger charge is 2.08. The van der Waals surface area contributed by atoms with E-state index < -0.39 is 0 Å². The zero-order chi connectivity index (χ0) is 12.0. The summed E-state index contributed by atoms with van der Waals surface area (Å²) < 4.78 is 5.15. The lowest BCUT2D eigenvalue weighted by Gasteiger charge is -2.06. The first-order valence-electron chi connectivity index (χ1n) is 5.32. The van der Waals surface area contributed by atoms with Crippen LogP contribution in [0.5, 0.6) is 5.75 Å². The molecule has 0 spiro atoms. The standard InChI is InChI=1S/C14H10O3/c1-8-7-13(16)17-12-6-5-9-10(14(8)12)3-2-4-11(9)15/h2-7,15H,1H3. The minimum absolute atomic E-state index is 0.231. The lowest BCUT2D eigenvalue weighted by atomic mass is 10.0. The molecule has 1 heterocycles. The van der Waals surface area contributed by atoms with Crippen molar-refractivity contribution in [3.8, 4) is 5.75 Å². The molecule has 0 aliphatic rings. The minimum Gasteiger partial charge on any atom is -0.507 e. The fraction of sp³-hybridized carbons (Fsp3) is 0.0714. The van der Waals surface area contributed by atoms with Crippen molar-refractivity contribution < 1.29 is 9.52 Å². The zero-order valence-electron chi connectivity index (χ0n) is 9.23. The number of hydrogen-bond donors (Lipinski definition) is 1. The fourth-order valence-corrected chi connectivity index (χ4v) is 2.20. The van der Waals surface area contributed by atoms with Crippen LogP contribution < -0.4 is 5.63 Å². The number of phenols is 1. The second kappa shape index (κ2) is 3.35. The van der Waals surface area contributed by atoms with Crippen molar-refractivity contribution in [2.24, 2.45) is 0 Å². The van der Waals surface area contributed by atoms with Gasteiger partial charge in [-0.25, -0.2) is 4.79 Å². The van der Waals surface area contributed by atoms with Crippen LogP contribution in [0.2, 0.25) is 0 Å². The topological polar surface area (TPSA) is 50.4 Å². The molecule has 3 heteroatoms. The lowest BCUT2D eigenvalue weighted by molar-refractivity contribution is 0.481. The molecule has 3 nitrogen and oxygen atoms in total. The van der Waals surface area contributed by atoms with Gasteiger partial charge in [0, 0.05) is 16.8 Å². The van der Waals surface area contributed by atoms with Gasteiger partial charge in [-0.1, -0.05) is 12.1 Å². The average Bonchev–Trinajstić information content (AvgIpc) is 2.28. The number of aryl methyl sites for hydroxylation is 1. The van der Waals surface area contributed by atoms with Crippen LogP contribution in [-0.2, 0) is 0 Å². The average molecular weight is 226 g/mol. The van der Waals surface area contributed by atoms with Crippen molar-refractivity contribution in [2.45, 2.75) is 6.92 Å². The largest absolute Gasteiger partial charge is 0.507 e. The second-order valence-electron chi connectivity index (χ2n) is 4.06. The van der Waals surface area contributed by atoms with Gasteiger partial charge in [-0.3, -0.25) is 0 Å². The summed E-state index contributed by atoms with van der Waals surface area (Å²) in [6, 6.07) is 10.3. The molecule has 0 aliphatic heterocycles. The second-order valence-corrected chi connectivity index (χ2v) is 4.06. The highest BCUT2D eigenvalue weighted by molar-refractivity contribution is 6.08. The molecular formula is C14H10O3. The maximum atomic E-state index is 11.3. The quantitative estimate of drug-likeness (QED) is 0.473.